The first kappa shape index (κ1) is 23.5. The van der Waals surface area contributed by atoms with Crippen LogP contribution in [0.15, 0.2) is 83.0 Å². The molecule has 4 aromatic rings. The maximum Gasteiger partial charge on any atom is 0.283 e. The Morgan fingerprint density at radius 3 is 2.41 bits per heavy atom. The highest BCUT2D eigenvalue weighted by Gasteiger charge is 2.17. The molecule has 1 heterocycles. The molecule has 7 nitrogen and oxygen atoms in total. The molecule has 34 heavy (non-hydrogen) atoms. The number of rotatable bonds is 7. The van der Waals surface area contributed by atoms with E-state index in [0.717, 1.165) is 11.1 Å². The zero-order valence-electron chi connectivity index (χ0n) is 17.9. The quantitative estimate of drug-likeness (QED) is 0.324. The van der Waals surface area contributed by atoms with Crippen LogP contribution in [0, 0.1) is 0 Å². The highest BCUT2D eigenvalue weighted by molar-refractivity contribution is 6.42. The van der Waals surface area contributed by atoms with E-state index in [1.807, 2.05) is 48.5 Å². The molecule has 0 atom stereocenters. The minimum absolute atomic E-state index is 0.142. The van der Waals surface area contributed by atoms with E-state index < -0.39 is 5.91 Å². The molecule has 0 saturated carbocycles. The van der Waals surface area contributed by atoms with Gasteiger partial charge in [0.2, 0.25) is 11.8 Å². The van der Waals surface area contributed by atoms with Crippen molar-refractivity contribution < 1.29 is 14.7 Å². The maximum absolute atomic E-state index is 12.2. The van der Waals surface area contributed by atoms with Crippen molar-refractivity contribution in [2.24, 2.45) is 10.2 Å². The molecule has 0 fully saturated rings. The molecule has 0 aliphatic rings. The maximum atomic E-state index is 12.2. The highest BCUT2D eigenvalue weighted by atomic mass is 35.5. The molecular weight excluding hydrogens is 475 g/mol. The minimum atomic E-state index is -0.637. The van der Waals surface area contributed by atoms with Crippen LogP contribution in [-0.4, -0.2) is 28.0 Å². The number of hydrogen-bond acceptors (Lipinski definition) is 4. The molecule has 1 aromatic heterocycles. The van der Waals surface area contributed by atoms with Crippen molar-refractivity contribution in [3.8, 4) is 5.88 Å². The summed E-state index contributed by atoms with van der Waals surface area (Å²) in [5.74, 6) is -1.07. The highest BCUT2D eigenvalue weighted by Crippen LogP contribution is 2.39. The summed E-state index contributed by atoms with van der Waals surface area (Å²) >= 11 is 12.1. The topological polar surface area (TPSA) is 96.1 Å². The number of fused-ring (bicyclic) bond motifs is 1. The van der Waals surface area contributed by atoms with Gasteiger partial charge in [0.15, 0.2) is 5.69 Å². The smallest absolute Gasteiger partial charge is 0.283 e. The number of nitrogens with one attached hydrogen (secondary N) is 1. The number of carbonyl (C=O) groups is 2. The molecule has 9 heteroatoms. The van der Waals surface area contributed by atoms with Crippen LogP contribution in [-0.2, 0) is 22.6 Å². The summed E-state index contributed by atoms with van der Waals surface area (Å²) in [5.41, 5.74) is 2.54. The molecule has 0 unspecified atom stereocenters. The number of aromatic hydroxyl groups is 1. The Labute approximate surface area is 205 Å². The van der Waals surface area contributed by atoms with Gasteiger partial charge in [-0.05, 0) is 29.3 Å². The third-order valence-electron chi connectivity index (χ3n) is 5.15. The van der Waals surface area contributed by atoms with Crippen LogP contribution in [0.25, 0.3) is 10.9 Å². The van der Waals surface area contributed by atoms with Gasteiger partial charge in [0.1, 0.15) is 6.54 Å². The van der Waals surface area contributed by atoms with Gasteiger partial charge >= 0.3 is 0 Å². The number of amides is 2. The largest absolute Gasteiger partial charge is 0.493 e. The van der Waals surface area contributed by atoms with Crippen LogP contribution in [0.4, 0.5) is 5.69 Å². The summed E-state index contributed by atoms with van der Waals surface area (Å²) < 4.78 is 1.65. The SMILES string of the molecule is O=C(CNC(=O)Cc1ccccc1)N=Nc1c(O)n(Cc2ccc(Cl)c(Cl)c2)c2ccccc12. The summed E-state index contributed by atoms with van der Waals surface area (Å²) in [6.07, 6.45) is 0.161. The van der Waals surface area contributed by atoms with Gasteiger partial charge in [0.05, 0.1) is 28.5 Å². The lowest BCUT2D eigenvalue weighted by molar-refractivity contribution is -0.124. The van der Waals surface area contributed by atoms with E-state index in [1.54, 1.807) is 28.8 Å². The molecule has 0 aliphatic heterocycles. The standard InChI is InChI=1S/C25H20Cl2N4O3/c26-19-11-10-17(12-20(19)27)15-31-21-9-5-4-8-18(21)24(25(31)34)30-29-23(33)14-28-22(32)13-16-6-2-1-3-7-16/h1-12,34H,13-15H2,(H,28,32). The molecular formula is C25H20Cl2N4O3. The van der Waals surface area contributed by atoms with Gasteiger partial charge in [-0.15, -0.1) is 10.2 Å². The number of aromatic nitrogens is 1. The molecule has 4 rings (SSSR count). The molecule has 0 saturated heterocycles. The van der Waals surface area contributed by atoms with Gasteiger partial charge in [-0.3, -0.25) is 9.59 Å². The van der Waals surface area contributed by atoms with Crippen molar-refractivity contribution in [3.05, 3.63) is 94.0 Å². The van der Waals surface area contributed by atoms with Crippen molar-refractivity contribution in [2.75, 3.05) is 6.54 Å². The second-order valence-electron chi connectivity index (χ2n) is 7.56. The number of halogens is 2. The Kier molecular flexibility index (Phi) is 7.25. The number of carbonyl (C=O) groups excluding carboxylic acids is 2. The van der Waals surface area contributed by atoms with E-state index in [2.05, 4.69) is 15.5 Å². The Morgan fingerprint density at radius 2 is 1.65 bits per heavy atom. The normalized spacial score (nSPS) is 11.2. The zero-order chi connectivity index (χ0) is 24.1. The summed E-state index contributed by atoms with van der Waals surface area (Å²) in [5, 5.41) is 22.6. The zero-order valence-corrected chi connectivity index (χ0v) is 19.4. The summed E-state index contributed by atoms with van der Waals surface area (Å²) in [6.45, 7) is 0.0140. The lowest BCUT2D eigenvalue weighted by Crippen LogP contribution is -2.29. The van der Waals surface area contributed by atoms with Crippen molar-refractivity contribution in [3.63, 3.8) is 0 Å². The van der Waals surface area contributed by atoms with E-state index in [1.165, 1.54) is 0 Å². The molecule has 0 bridgehead atoms. The molecule has 2 N–H and O–H groups in total. The Hall–Kier alpha value is -3.68. The summed E-state index contributed by atoms with van der Waals surface area (Å²) in [4.78, 5) is 24.2. The average Bonchev–Trinajstić information content (AvgIpc) is 3.10. The number of nitrogens with zero attached hydrogens (tertiary/aromatic N) is 3. The van der Waals surface area contributed by atoms with Gasteiger partial charge in [-0.1, -0.05) is 77.8 Å². The lowest BCUT2D eigenvalue weighted by Gasteiger charge is -2.08. The Bertz CT molecular complexity index is 1380. The van der Waals surface area contributed by atoms with Crippen LogP contribution in [0.5, 0.6) is 5.88 Å². The van der Waals surface area contributed by atoms with Gasteiger partial charge in [0.25, 0.3) is 5.91 Å². The van der Waals surface area contributed by atoms with E-state index >= 15 is 0 Å². The number of para-hydroxylation sites is 1. The van der Waals surface area contributed by atoms with Crippen molar-refractivity contribution in [1.82, 2.24) is 9.88 Å². The van der Waals surface area contributed by atoms with E-state index in [-0.39, 0.29) is 30.4 Å². The van der Waals surface area contributed by atoms with Crippen LogP contribution >= 0.6 is 23.2 Å². The molecule has 3 aromatic carbocycles. The van der Waals surface area contributed by atoms with Crippen molar-refractivity contribution in [1.29, 1.82) is 0 Å². The second-order valence-corrected chi connectivity index (χ2v) is 8.37. The fourth-order valence-electron chi connectivity index (χ4n) is 3.51. The van der Waals surface area contributed by atoms with Gasteiger partial charge < -0.3 is 15.0 Å². The average molecular weight is 495 g/mol. The first-order valence-corrected chi connectivity index (χ1v) is 11.2. The van der Waals surface area contributed by atoms with Crippen LogP contribution < -0.4 is 5.32 Å². The third kappa shape index (κ3) is 5.44. The predicted molar refractivity (Wildman–Crippen MR) is 132 cm³/mol. The van der Waals surface area contributed by atoms with Gasteiger partial charge in [-0.25, -0.2) is 0 Å². The molecule has 0 spiro atoms. The minimum Gasteiger partial charge on any atom is -0.493 e. The number of benzene rings is 3. The molecule has 172 valence electrons. The number of hydrogen-bond donors (Lipinski definition) is 2. The second kappa shape index (κ2) is 10.5. The molecule has 2 amide bonds. The fraction of sp³-hybridized carbons (Fsp3) is 0.120. The van der Waals surface area contributed by atoms with E-state index in [4.69, 9.17) is 23.2 Å². The lowest BCUT2D eigenvalue weighted by atomic mass is 10.1. The van der Waals surface area contributed by atoms with Crippen LogP contribution in [0.3, 0.4) is 0 Å². The summed E-state index contributed by atoms with van der Waals surface area (Å²) in [6, 6.07) is 21.7. The van der Waals surface area contributed by atoms with E-state index in [9.17, 15) is 14.7 Å². The molecule has 0 radical (unpaired) electrons. The number of azo groups is 1. The third-order valence-corrected chi connectivity index (χ3v) is 5.89. The first-order chi connectivity index (χ1) is 16.4. The van der Waals surface area contributed by atoms with Crippen LogP contribution in [0.1, 0.15) is 11.1 Å². The Balaban J connectivity index is 1.49. The van der Waals surface area contributed by atoms with Crippen molar-refractivity contribution >= 4 is 51.6 Å². The fourth-order valence-corrected chi connectivity index (χ4v) is 3.83. The van der Waals surface area contributed by atoms with E-state index in [0.29, 0.717) is 27.5 Å². The summed E-state index contributed by atoms with van der Waals surface area (Å²) in [7, 11) is 0. The monoisotopic (exact) mass is 494 g/mol. The first-order valence-electron chi connectivity index (χ1n) is 10.4. The van der Waals surface area contributed by atoms with Crippen LogP contribution in [0.2, 0.25) is 10.0 Å². The predicted octanol–water partition coefficient (Wildman–Crippen LogP) is 5.67. The molecule has 0 aliphatic carbocycles. The Morgan fingerprint density at radius 1 is 0.912 bits per heavy atom. The van der Waals surface area contributed by atoms with Gasteiger partial charge in [-0.2, -0.15) is 0 Å². The van der Waals surface area contributed by atoms with Crippen molar-refractivity contribution in [2.45, 2.75) is 13.0 Å². The van der Waals surface area contributed by atoms with Gasteiger partial charge in [0, 0.05) is 5.39 Å².